The van der Waals surface area contributed by atoms with Crippen molar-refractivity contribution in [3.63, 3.8) is 0 Å². The summed E-state index contributed by atoms with van der Waals surface area (Å²) >= 11 is 1.61. The van der Waals surface area contributed by atoms with Crippen LogP contribution in [-0.2, 0) is 6.54 Å². The SMILES string of the molecule is O=C(NCc1nc(C2CC2)cs1)c1ccn[nH]1. The Morgan fingerprint density at radius 2 is 2.47 bits per heavy atom. The van der Waals surface area contributed by atoms with E-state index in [2.05, 4.69) is 25.9 Å². The standard InChI is InChI=1S/C11H12N4OS/c16-11(8-3-4-13-15-8)12-5-10-14-9(6-17-10)7-1-2-7/h3-4,6-7H,1-2,5H2,(H,12,16)(H,13,15). The van der Waals surface area contributed by atoms with Crippen LogP contribution in [0.2, 0.25) is 0 Å². The second kappa shape index (κ2) is 4.29. The van der Waals surface area contributed by atoms with Crippen LogP contribution in [0.15, 0.2) is 17.6 Å². The number of hydrogen-bond acceptors (Lipinski definition) is 4. The number of carbonyl (C=O) groups is 1. The summed E-state index contributed by atoms with van der Waals surface area (Å²) in [4.78, 5) is 16.1. The fraction of sp³-hybridized carbons (Fsp3) is 0.364. The molecule has 1 aliphatic rings. The maximum absolute atomic E-state index is 11.6. The molecule has 0 aliphatic heterocycles. The smallest absolute Gasteiger partial charge is 0.269 e. The number of nitrogens with zero attached hydrogens (tertiary/aromatic N) is 2. The molecule has 6 heteroatoms. The fourth-order valence-electron chi connectivity index (χ4n) is 1.61. The first kappa shape index (κ1) is 10.5. The molecule has 3 rings (SSSR count). The van der Waals surface area contributed by atoms with Crippen molar-refractivity contribution >= 4 is 17.2 Å². The molecule has 2 aromatic rings. The summed E-state index contributed by atoms with van der Waals surface area (Å²) in [6, 6.07) is 1.65. The maximum Gasteiger partial charge on any atom is 0.269 e. The third-order valence-corrected chi connectivity index (χ3v) is 3.58. The molecule has 0 atom stereocenters. The molecule has 5 nitrogen and oxygen atoms in total. The summed E-state index contributed by atoms with van der Waals surface area (Å²) in [5.74, 6) is 0.522. The summed E-state index contributed by atoms with van der Waals surface area (Å²) in [5, 5.41) is 12.2. The van der Waals surface area contributed by atoms with E-state index in [-0.39, 0.29) is 5.91 Å². The van der Waals surface area contributed by atoms with Gasteiger partial charge in [-0.2, -0.15) is 5.10 Å². The first-order chi connectivity index (χ1) is 8.33. The molecule has 88 valence electrons. The highest BCUT2D eigenvalue weighted by atomic mass is 32.1. The predicted molar refractivity (Wildman–Crippen MR) is 63.8 cm³/mol. The van der Waals surface area contributed by atoms with Crippen molar-refractivity contribution < 1.29 is 4.79 Å². The van der Waals surface area contributed by atoms with Crippen LogP contribution < -0.4 is 5.32 Å². The number of H-pyrrole nitrogens is 1. The normalized spacial score (nSPS) is 14.8. The number of amides is 1. The van der Waals surface area contributed by atoms with Crippen molar-refractivity contribution in [3.8, 4) is 0 Å². The number of thiazole rings is 1. The van der Waals surface area contributed by atoms with Crippen LogP contribution in [-0.4, -0.2) is 21.1 Å². The van der Waals surface area contributed by atoms with Gasteiger partial charge in [0.05, 0.1) is 12.2 Å². The van der Waals surface area contributed by atoms with Crippen molar-refractivity contribution in [2.45, 2.75) is 25.3 Å². The van der Waals surface area contributed by atoms with E-state index in [1.54, 1.807) is 23.6 Å². The van der Waals surface area contributed by atoms with Crippen molar-refractivity contribution in [2.24, 2.45) is 0 Å². The fourth-order valence-corrected chi connectivity index (χ4v) is 2.42. The van der Waals surface area contributed by atoms with Gasteiger partial charge in [0.2, 0.25) is 0 Å². The minimum Gasteiger partial charge on any atom is -0.344 e. The van der Waals surface area contributed by atoms with Crippen molar-refractivity contribution in [2.75, 3.05) is 0 Å². The van der Waals surface area contributed by atoms with E-state index in [1.165, 1.54) is 18.5 Å². The first-order valence-corrected chi connectivity index (χ1v) is 6.43. The largest absolute Gasteiger partial charge is 0.344 e. The zero-order valence-corrected chi connectivity index (χ0v) is 9.96. The van der Waals surface area contributed by atoms with E-state index in [4.69, 9.17) is 0 Å². The predicted octanol–water partition coefficient (Wildman–Crippen LogP) is 1.67. The van der Waals surface area contributed by atoms with Crippen LogP contribution in [0.4, 0.5) is 0 Å². The molecule has 0 saturated heterocycles. The van der Waals surface area contributed by atoms with Gasteiger partial charge in [-0.05, 0) is 18.9 Å². The van der Waals surface area contributed by atoms with Crippen molar-refractivity contribution in [1.29, 1.82) is 0 Å². The Hall–Kier alpha value is -1.69. The molecule has 17 heavy (non-hydrogen) atoms. The minimum atomic E-state index is -0.148. The van der Waals surface area contributed by atoms with Gasteiger partial charge >= 0.3 is 0 Å². The molecule has 0 spiro atoms. The molecule has 0 unspecified atom stereocenters. The highest BCUT2D eigenvalue weighted by molar-refractivity contribution is 7.09. The van der Waals surface area contributed by atoms with E-state index in [9.17, 15) is 4.79 Å². The molecule has 1 amide bonds. The molecule has 2 heterocycles. The molecule has 0 aromatic carbocycles. The van der Waals surface area contributed by atoms with Crippen LogP contribution in [0, 0.1) is 0 Å². The van der Waals surface area contributed by atoms with Gasteiger partial charge in [-0.15, -0.1) is 11.3 Å². The number of hydrogen-bond donors (Lipinski definition) is 2. The van der Waals surface area contributed by atoms with Crippen molar-refractivity contribution in [1.82, 2.24) is 20.5 Å². The van der Waals surface area contributed by atoms with Crippen LogP contribution in [0.3, 0.4) is 0 Å². The summed E-state index contributed by atoms with van der Waals surface area (Å²) in [6.07, 6.45) is 4.07. The lowest BCUT2D eigenvalue weighted by Gasteiger charge is -1.99. The van der Waals surface area contributed by atoms with E-state index in [0.717, 1.165) is 5.01 Å². The lowest BCUT2D eigenvalue weighted by molar-refractivity contribution is 0.0946. The molecule has 2 N–H and O–H groups in total. The second-order valence-corrected chi connectivity index (χ2v) is 5.04. The Morgan fingerprint density at radius 1 is 1.59 bits per heavy atom. The number of carbonyl (C=O) groups excluding carboxylic acids is 1. The number of aromatic nitrogens is 3. The van der Waals surface area contributed by atoms with Gasteiger partial charge in [0.15, 0.2) is 0 Å². The molecule has 2 aromatic heterocycles. The summed E-state index contributed by atoms with van der Waals surface area (Å²) in [7, 11) is 0. The van der Waals surface area contributed by atoms with Gasteiger partial charge in [-0.1, -0.05) is 0 Å². The van der Waals surface area contributed by atoms with E-state index < -0.39 is 0 Å². The highest BCUT2D eigenvalue weighted by Crippen LogP contribution is 2.40. The number of rotatable bonds is 4. The number of nitrogens with one attached hydrogen (secondary N) is 2. The second-order valence-electron chi connectivity index (χ2n) is 4.09. The van der Waals surface area contributed by atoms with Crippen LogP contribution in [0.1, 0.15) is 39.9 Å². The first-order valence-electron chi connectivity index (χ1n) is 5.55. The van der Waals surface area contributed by atoms with Gasteiger partial charge in [0, 0.05) is 17.5 Å². The van der Waals surface area contributed by atoms with Gasteiger partial charge in [0.1, 0.15) is 10.7 Å². The molecular weight excluding hydrogens is 236 g/mol. The Bertz CT molecular complexity index is 515. The number of aromatic amines is 1. The van der Waals surface area contributed by atoms with Crippen LogP contribution >= 0.6 is 11.3 Å². The summed E-state index contributed by atoms with van der Waals surface area (Å²) < 4.78 is 0. The zero-order valence-electron chi connectivity index (χ0n) is 9.14. The Morgan fingerprint density at radius 3 is 3.18 bits per heavy atom. The summed E-state index contributed by atoms with van der Waals surface area (Å²) in [5.41, 5.74) is 1.66. The van der Waals surface area contributed by atoms with Gasteiger partial charge in [-0.25, -0.2) is 4.98 Å². The van der Waals surface area contributed by atoms with Crippen LogP contribution in [0.25, 0.3) is 0 Å². The zero-order chi connectivity index (χ0) is 11.7. The lowest BCUT2D eigenvalue weighted by atomic mass is 10.3. The highest BCUT2D eigenvalue weighted by Gasteiger charge is 2.25. The third kappa shape index (κ3) is 2.36. The van der Waals surface area contributed by atoms with Gasteiger partial charge < -0.3 is 5.32 Å². The Balaban J connectivity index is 1.58. The molecule has 0 bridgehead atoms. The van der Waals surface area contributed by atoms with Crippen molar-refractivity contribution in [3.05, 3.63) is 34.0 Å². The summed E-state index contributed by atoms with van der Waals surface area (Å²) in [6.45, 7) is 0.481. The van der Waals surface area contributed by atoms with Gasteiger partial charge in [-0.3, -0.25) is 9.89 Å². The molecule has 1 saturated carbocycles. The molecule has 0 radical (unpaired) electrons. The van der Waals surface area contributed by atoms with Crippen LogP contribution in [0.5, 0.6) is 0 Å². The Labute approximate surface area is 102 Å². The van der Waals surface area contributed by atoms with E-state index >= 15 is 0 Å². The average molecular weight is 248 g/mol. The molecule has 1 fully saturated rings. The molecular formula is C11H12N4OS. The average Bonchev–Trinajstić information content (AvgIpc) is 2.88. The quantitative estimate of drug-likeness (QED) is 0.864. The minimum absolute atomic E-state index is 0.148. The van der Waals surface area contributed by atoms with E-state index in [0.29, 0.717) is 18.2 Å². The Kier molecular flexibility index (Phi) is 2.64. The maximum atomic E-state index is 11.6. The lowest BCUT2D eigenvalue weighted by Crippen LogP contribution is -2.23. The molecule has 1 aliphatic carbocycles. The topological polar surface area (TPSA) is 70.7 Å². The van der Waals surface area contributed by atoms with Gasteiger partial charge in [0.25, 0.3) is 5.91 Å². The monoisotopic (exact) mass is 248 g/mol. The third-order valence-electron chi connectivity index (χ3n) is 2.71. The van der Waals surface area contributed by atoms with E-state index in [1.807, 2.05) is 0 Å².